The first-order valence-electron chi connectivity index (χ1n) is 8.20. The maximum absolute atomic E-state index is 13.1. The first-order chi connectivity index (χ1) is 12.2. The van der Waals surface area contributed by atoms with E-state index in [1.165, 1.54) is 0 Å². The summed E-state index contributed by atoms with van der Waals surface area (Å²) in [5.74, 6) is 2.33. The Morgan fingerprint density at radius 1 is 1.04 bits per heavy atom. The van der Waals surface area contributed by atoms with Crippen LogP contribution in [0.3, 0.4) is 0 Å². The van der Waals surface area contributed by atoms with E-state index in [9.17, 15) is 4.21 Å². The van der Waals surface area contributed by atoms with Gasteiger partial charge in [-0.15, -0.1) is 0 Å². The highest BCUT2D eigenvalue weighted by Crippen LogP contribution is 2.34. The van der Waals surface area contributed by atoms with Crippen LogP contribution in [0.4, 0.5) is 5.82 Å². The van der Waals surface area contributed by atoms with Crippen LogP contribution >= 0.6 is 0 Å². The standard InChI is InChI=1S/C18H23N3O3S/c1-14-15(23-2)7-8-16(18(14)24-3)25(22)21-12-10-20(11-13-21)17-6-4-5-9-19-17/h4-9H,10-13H2,1-3H3. The monoisotopic (exact) mass is 361 g/mol. The van der Waals surface area contributed by atoms with Crippen molar-refractivity contribution in [2.24, 2.45) is 0 Å². The predicted molar refractivity (Wildman–Crippen MR) is 98.7 cm³/mol. The van der Waals surface area contributed by atoms with E-state index in [1.807, 2.05) is 41.6 Å². The van der Waals surface area contributed by atoms with Crippen molar-refractivity contribution in [3.05, 3.63) is 42.1 Å². The molecule has 6 nitrogen and oxygen atoms in total. The van der Waals surface area contributed by atoms with Crippen molar-refractivity contribution >= 4 is 16.8 Å². The van der Waals surface area contributed by atoms with E-state index in [0.717, 1.165) is 30.2 Å². The SMILES string of the molecule is COc1ccc(S(=O)N2CCN(c3ccccn3)CC2)c(OC)c1C. The summed E-state index contributed by atoms with van der Waals surface area (Å²) in [6.07, 6.45) is 1.80. The van der Waals surface area contributed by atoms with Gasteiger partial charge < -0.3 is 14.4 Å². The van der Waals surface area contributed by atoms with Gasteiger partial charge in [-0.05, 0) is 31.2 Å². The summed E-state index contributed by atoms with van der Waals surface area (Å²) in [5, 5.41) is 0. The van der Waals surface area contributed by atoms with Crippen LogP contribution in [0.15, 0.2) is 41.4 Å². The number of pyridine rings is 1. The number of nitrogens with zero attached hydrogens (tertiary/aromatic N) is 3. The van der Waals surface area contributed by atoms with Crippen molar-refractivity contribution in [1.82, 2.24) is 9.29 Å². The molecule has 25 heavy (non-hydrogen) atoms. The molecule has 7 heteroatoms. The van der Waals surface area contributed by atoms with E-state index in [4.69, 9.17) is 9.47 Å². The normalized spacial score (nSPS) is 16.5. The molecule has 134 valence electrons. The van der Waals surface area contributed by atoms with Crippen molar-refractivity contribution in [1.29, 1.82) is 0 Å². The Morgan fingerprint density at radius 3 is 2.40 bits per heavy atom. The van der Waals surface area contributed by atoms with Gasteiger partial charge in [0, 0.05) is 37.9 Å². The van der Waals surface area contributed by atoms with E-state index < -0.39 is 11.0 Å². The highest BCUT2D eigenvalue weighted by Gasteiger charge is 2.26. The van der Waals surface area contributed by atoms with Gasteiger partial charge in [-0.25, -0.2) is 13.5 Å². The van der Waals surface area contributed by atoms with Crippen molar-refractivity contribution in [2.75, 3.05) is 45.3 Å². The molecule has 3 rings (SSSR count). The third kappa shape index (κ3) is 3.62. The number of ether oxygens (including phenoxy) is 2. The lowest BCUT2D eigenvalue weighted by atomic mass is 10.2. The fraction of sp³-hybridized carbons (Fsp3) is 0.389. The molecule has 1 fully saturated rings. The largest absolute Gasteiger partial charge is 0.496 e. The maximum atomic E-state index is 13.1. The van der Waals surface area contributed by atoms with Gasteiger partial charge in [0.05, 0.1) is 19.1 Å². The lowest BCUT2D eigenvalue weighted by molar-refractivity contribution is 0.376. The molecule has 0 saturated carbocycles. The smallest absolute Gasteiger partial charge is 0.142 e. The van der Waals surface area contributed by atoms with Crippen molar-refractivity contribution < 1.29 is 13.7 Å². The highest BCUT2D eigenvalue weighted by atomic mass is 32.2. The zero-order chi connectivity index (χ0) is 17.8. The van der Waals surface area contributed by atoms with Gasteiger partial charge in [-0.2, -0.15) is 0 Å². The summed E-state index contributed by atoms with van der Waals surface area (Å²) in [5.41, 5.74) is 0.864. The van der Waals surface area contributed by atoms with Gasteiger partial charge in [-0.1, -0.05) is 6.07 Å². The van der Waals surface area contributed by atoms with Gasteiger partial charge in [0.25, 0.3) is 0 Å². The van der Waals surface area contributed by atoms with Crippen LogP contribution in [-0.4, -0.2) is 53.9 Å². The summed E-state index contributed by atoms with van der Waals surface area (Å²) in [6, 6.07) is 9.56. The van der Waals surface area contributed by atoms with Gasteiger partial charge in [-0.3, -0.25) is 0 Å². The molecule has 0 N–H and O–H groups in total. The number of piperazine rings is 1. The number of hydrogen-bond donors (Lipinski definition) is 0. The number of rotatable bonds is 5. The van der Waals surface area contributed by atoms with E-state index in [1.54, 1.807) is 20.4 Å². The second-order valence-corrected chi connectivity index (χ2v) is 7.23. The van der Waals surface area contributed by atoms with Crippen molar-refractivity contribution in [3.63, 3.8) is 0 Å². The quantitative estimate of drug-likeness (QED) is 0.818. The van der Waals surface area contributed by atoms with E-state index in [0.29, 0.717) is 23.7 Å². The van der Waals surface area contributed by atoms with Crippen LogP contribution in [0.25, 0.3) is 0 Å². The van der Waals surface area contributed by atoms with Gasteiger partial charge >= 0.3 is 0 Å². The fourth-order valence-corrected chi connectivity index (χ4v) is 4.38. The summed E-state index contributed by atoms with van der Waals surface area (Å²) in [4.78, 5) is 7.29. The molecular weight excluding hydrogens is 338 g/mol. The van der Waals surface area contributed by atoms with Crippen LogP contribution in [-0.2, 0) is 11.0 Å². The number of methoxy groups -OCH3 is 2. The molecule has 0 radical (unpaired) electrons. The number of anilines is 1. The fourth-order valence-electron chi connectivity index (χ4n) is 3.02. The lowest BCUT2D eigenvalue weighted by Crippen LogP contribution is -2.47. The first kappa shape index (κ1) is 17.7. The van der Waals surface area contributed by atoms with Gasteiger partial charge in [0.15, 0.2) is 0 Å². The summed E-state index contributed by atoms with van der Waals surface area (Å²) >= 11 is 0. The average molecular weight is 361 g/mol. The lowest BCUT2D eigenvalue weighted by Gasteiger charge is -2.34. The molecular formula is C18H23N3O3S. The first-order valence-corrected chi connectivity index (χ1v) is 9.30. The Hall–Kier alpha value is -2.12. The Labute approximate surface area is 151 Å². The Balaban J connectivity index is 1.74. The van der Waals surface area contributed by atoms with Crippen LogP contribution < -0.4 is 14.4 Å². The Morgan fingerprint density at radius 2 is 1.80 bits per heavy atom. The second kappa shape index (κ2) is 7.84. The molecule has 2 aromatic rings. The van der Waals surface area contributed by atoms with Crippen LogP contribution in [0.1, 0.15) is 5.56 Å². The van der Waals surface area contributed by atoms with Gasteiger partial charge in [0.2, 0.25) is 0 Å². The number of hydrogen-bond acceptors (Lipinski definition) is 5. The third-order valence-corrected chi connectivity index (χ3v) is 5.91. The molecule has 0 amide bonds. The van der Waals surface area contributed by atoms with Gasteiger partial charge in [0.1, 0.15) is 28.3 Å². The van der Waals surface area contributed by atoms with Crippen LogP contribution in [0, 0.1) is 6.92 Å². The van der Waals surface area contributed by atoms with Crippen LogP contribution in [0.5, 0.6) is 11.5 Å². The molecule has 1 aliphatic heterocycles. The topological polar surface area (TPSA) is 54.9 Å². The second-order valence-electron chi connectivity index (χ2n) is 5.78. The molecule has 2 heterocycles. The Bertz CT molecular complexity index is 747. The zero-order valence-electron chi connectivity index (χ0n) is 14.8. The highest BCUT2D eigenvalue weighted by molar-refractivity contribution is 7.82. The minimum Gasteiger partial charge on any atom is -0.496 e. The predicted octanol–water partition coefficient (Wildman–Crippen LogP) is 2.25. The summed E-state index contributed by atoms with van der Waals surface area (Å²) in [7, 11) is 1.95. The Kier molecular flexibility index (Phi) is 5.55. The summed E-state index contributed by atoms with van der Waals surface area (Å²) in [6.45, 7) is 4.91. The van der Waals surface area contributed by atoms with E-state index >= 15 is 0 Å². The average Bonchev–Trinajstić information content (AvgIpc) is 2.68. The van der Waals surface area contributed by atoms with E-state index in [-0.39, 0.29) is 0 Å². The maximum Gasteiger partial charge on any atom is 0.142 e. The molecule has 1 aliphatic rings. The molecule has 0 aliphatic carbocycles. The molecule has 1 saturated heterocycles. The molecule has 0 spiro atoms. The molecule has 1 atom stereocenters. The third-order valence-electron chi connectivity index (χ3n) is 4.38. The molecule has 0 bridgehead atoms. The molecule has 1 aromatic heterocycles. The van der Waals surface area contributed by atoms with Crippen molar-refractivity contribution in [2.45, 2.75) is 11.8 Å². The minimum absolute atomic E-state index is 0.629. The van der Waals surface area contributed by atoms with E-state index in [2.05, 4.69) is 9.88 Å². The number of aromatic nitrogens is 1. The van der Waals surface area contributed by atoms with Crippen LogP contribution in [0.2, 0.25) is 0 Å². The minimum atomic E-state index is -1.27. The molecule has 1 aromatic carbocycles. The summed E-state index contributed by atoms with van der Waals surface area (Å²) < 4.78 is 25.9. The van der Waals surface area contributed by atoms with Crippen molar-refractivity contribution in [3.8, 4) is 11.5 Å². The number of benzene rings is 1. The molecule has 1 unspecified atom stereocenters. The zero-order valence-corrected chi connectivity index (χ0v) is 15.6.